The van der Waals surface area contributed by atoms with Crippen molar-refractivity contribution in [3.8, 4) is 0 Å². The lowest BCUT2D eigenvalue weighted by Crippen LogP contribution is -2.29. The summed E-state index contributed by atoms with van der Waals surface area (Å²) in [5, 5.41) is 4.38. The first-order chi connectivity index (χ1) is 7.11. The summed E-state index contributed by atoms with van der Waals surface area (Å²) in [5.41, 5.74) is 6.01. The molecule has 1 fully saturated rings. The number of anilines is 1. The summed E-state index contributed by atoms with van der Waals surface area (Å²) < 4.78 is 2.91. The van der Waals surface area contributed by atoms with E-state index in [0.29, 0.717) is 17.9 Å². The van der Waals surface area contributed by atoms with Crippen LogP contribution in [0.25, 0.3) is 0 Å². The fourth-order valence-corrected chi connectivity index (χ4v) is 3.01. The minimum absolute atomic E-state index is 0.463. The predicted octanol–water partition coefficient (Wildman–Crippen LogP) is 3.23. The van der Waals surface area contributed by atoms with Gasteiger partial charge in [-0.05, 0) is 40.6 Å². The Hall–Kier alpha value is -0.510. The molecule has 0 bridgehead atoms. The van der Waals surface area contributed by atoms with Gasteiger partial charge in [0.1, 0.15) is 5.82 Å². The van der Waals surface area contributed by atoms with Crippen molar-refractivity contribution >= 4 is 21.7 Å². The maximum absolute atomic E-state index is 6.01. The Bertz CT molecular complexity index is 338. The molecule has 3 nitrogen and oxygen atoms in total. The monoisotopic (exact) mass is 271 g/mol. The van der Waals surface area contributed by atoms with Crippen LogP contribution < -0.4 is 5.73 Å². The van der Waals surface area contributed by atoms with Crippen molar-refractivity contribution in [2.75, 3.05) is 5.73 Å². The molecule has 2 N–H and O–H groups in total. The maximum atomic E-state index is 6.01. The molecular weight excluding hydrogens is 254 g/mol. The predicted molar refractivity (Wildman–Crippen MR) is 65.6 cm³/mol. The van der Waals surface area contributed by atoms with Crippen LogP contribution in [0.2, 0.25) is 0 Å². The van der Waals surface area contributed by atoms with E-state index in [1.165, 1.54) is 19.3 Å². The zero-order valence-corrected chi connectivity index (χ0v) is 10.9. The highest BCUT2D eigenvalue weighted by Crippen LogP contribution is 2.39. The summed E-state index contributed by atoms with van der Waals surface area (Å²) in [6.07, 6.45) is 5.70. The largest absolute Gasteiger partial charge is 0.383 e. The molecule has 0 saturated heterocycles. The van der Waals surface area contributed by atoms with Crippen LogP contribution in [0.3, 0.4) is 0 Å². The number of nitrogens with two attached hydrogens (primary N) is 1. The quantitative estimate of drug-likeness (QED) is 0.853. The van der Waals surface area contributed by atoms with Crippen molar-refractivity contribution < 1.29 is 0 Å². The van der Waals surface area contributed by atoms with Crippen molar-refractivity contribution in [2.24, 2.45) is 11.8 Å². The minimum Gasteiger partial charge on any atom is -0.383 e. The SMILES string of the molecule is CC1CCCC(C)C1n1ncc(Br)c1N. The fraction of sp³-hybridized carbons (Fsp3) is 0.727. The number of hydrogen-bond donors (Lipinski definition) is 1. The molecule has 0 spiro atoms. The topological polar surface area (TPSA) is 43.8 Å². The Balaban J connectivity index is 2.31. The highest BCUT2D eigenvalue weighted by atomic mass is 79.9. The van der Waals surface area contributed by atoms with Crippen molar-refractivity contribution in [1.82, 2.24) is 9.78 Å². The van der Waals surface area contributed by atoms with Crippen LogP contribution in [0.5, 0.6) is 0 Å². The van der Waals surface area contributed by atoms with Gasteiger partial charge in [0.2, 0.25) is 0 Å². The van der Waals surface area contributed by atoms with E-state index in [2.05, 4.69) is 34.9 Å². The molecule has 15 heavy (non-hydrogen) atoms. The molecule has 1 saturated carbocycles. The second-order valence-corrected chi connectivity index (χ2v) is 5.55. The average Bonchev–Trinajstić information content (AvgIpc) is 2.49. The van der Waals surface area contributed by atoms with Crippen LogP contribution in [0.15, 0.2) is 10.7 Å². The summed E-state index contributed by atoms with van der Waals surface area (Å²) in [7, 11) is 0. The summed E-state index contributed by atoms with van der Waals surface area (Å²) in [4.78, 5) is 0. The minimum atomic E-state index is 0.463. The first-order valence-electron chi connectivity index (χ1n) is 5.59. The standard InChI is InChI=1S/C11H18BrN3/c1-7-4-3-5-8(2)10(7)15-11(13)9(12)6-14-15/h6-8,10H,3-5,13H2,1-2H3. The van der Waals surface area contributed by atoms with Crippen LogP contribution in [-0.2, 0) is 0 Å². The number of nitrogen functional groups attached to an aromatic ring is 1. The van der Waals surface area contributed by atoms with Gasteiger partial charge in [-0.15, -0.1) is 0 Å². The van der Waals surface area contributed by atoms with Gasteiger partial charge in [0.05, 0.1) is 16.7 Å². The van der Waals surface area contributed by atoms with Gasteiger partial charge in [0.25, 0.3) is 0 Å². The van der Waals surface area contributed by atoms with Gasteiger partial charge in [-0.2, -0.15) is 5.10 Å². The molecule has 0 aromatic carbocycles. The van der Waals surface area contributed by atoms with Crippen LogP contribution in [0.4, 0.5) is 5.82 Å². The number of rotatable bonds is 1. The molecule has 1 aliphatic carbocycles. The summed E-state index contributed by atoms with van der Waals surface area (Å²) in [6.45, 7) is 4.60. The first kappa shape index (κ1) is 11.0. The Kier molecular flexibility index (Phi) is 3.05. The van der Waals surface area contributed by atoms with E-state index in [-0.39, 0.29) is 0 Å². The molecule has 84 valence electrons. The molecule has 2 rings (SSSR count). The molecular formula is C11H18BrN3. The lowest BCUT2D eigenvalue weighted by atomic mass is 9.79. The highest BCUT2D eigenvalue weighted by molar-refractivity contribution is 9.10. The van der Waals surface area contributed by atoms with Crippen LogP contribution in [-0.4, -0.2) is 9.78 Å². The van der Waals surface area contributed by atoms with Crippen LogP contribution in [0.1, 0.15) is 39.2 Å². The smallest absolute Gasteiger partial charge is 0.136 e. The molecule has 1 aromatic heterocycles. The van der Waals surface area contributed by atoms with Gasteiger partial charge >= 0.3 is 0 Å². The van der Waals surface area contributed by atoms with Crippen molar-refractivity contribution in [1.29, 1.82) is 0 Å². The van der Waals surface area contributed by atoms with Gasteiger partial charge < -0.3 is 5.73 Å². The van der Waals surface area contributed by atoms with Gasteiger partial charge in [-0.1, -0.05) is 20.3 Å². The lowest BCUT2D eigenvalue weighted by Gasteiger charge is -2.35. The third-order valence-electron chi connectivity index (χ3n) is 3.55. The summed E-state index contributed by atoms with van der Waals surface area (Å²) >= 11 is 3.41. The molecule has 0 aliphatic heterocycles. The average molecular weight is 272 g/mol. The molecule has 0 radical (unpaired) electrons. The second kappa shape index (κ2) is 4.16. The van der Waals surface area contributed by atoms with Crippen molar-refractivity contribution in [2.45, 2.75) is 39.2 Å². The molecule has 2 atom stereocenters. The van der Waals surface area contributed by atoms with Crippen molar-refractivity contribution in [3.05, 3.63) is 10.7 Å². The van der Waals surface area contributed by atoms with Gasteiger partial charge in [0.15, 0.2) is 0 Å². The molecule has 4 heteroatoms. The van der Waals surface area contributed by atoms with Crippen LogP contribution in [0, 0.1) is 11.8 Å². The van der Waals surface area contributed by atoms with Gasteiger partial charge in [-0.25, -0.2) is 4.68 Å². The molecule has 2 unspecified atom stereocenters. The first-order valence-corrected chi connectivity index (χ1v) is 6.39. The Morgan fingerprint density at radius 2 is 2.00 bits per heavy atom. The van der Waals surface area contributed by atoms with E-state index in [0.717, 1.165) is 10.3 Å². The number of hydrogen-bond acceptors (Lipinski definition) is 2. The molecule has 1 heterocycles. The maximum Gasteiger partial charge on any atom is 0.136 e. The highest BCUT2D eigenvalue weighted by Gasteiger charge is 2.31. The van der Waals surface area contributed by atoms with Crippen LogP contribution >= 0.6 is 15.9 Å². The number of nitrogens with zero attached hydrogens (tertiary/aromatic N) is 2. The van der Waals surface area contributed by atoms with E-state index in [4.69, 9.17) is 5.73 Å². The van der Waals surface area contributed by atoms with E-state index < -0.39 is 0 Å². The zero-order chi connectivity index (χ0) is 11.0. The van der Waals surface area contributed by atoms with E-state index in [9.17, 15) is 0 Å². The number of halogens is 1. The number of aromatic nitrogens is 2. The Morgan fingerprint density at radius 3 is 2.47 bits per heavy atom. The second-order valence-electron chi connectivity index (χ2n) is 4.70. The summed E-state index contributed by atoms with van der Waals surface area (Å²) in [6, 6.07) is 0.463. The normalized spacial score (nSPS) is 31.8. The molecule has 0 amide bonds. The Morgan fingerprint density at radius 1 is 1.40 bits per heavy atom. The van der Waals surface area contributed by atoms with Gasteiger partial charge in [-0.3, -0.25) is 0 Å². The molecule has 1 aliphatic rings. The Labute approximate surface area is 99.2 Å². The van der Waals surface area contributed by atoms with E-state index in [1.807, 2.05) is 4.68 Å². The zero-order valence-electron chi connectivity index (χ0n) is 9.28. The molecule has 1 aromatic rings. The third kappa shape index (κ3) is 1.92. The third-order valence-corrected chi connectivity index (χ3v) is 4.17. The lowest BCUT2D eigenvalue weighted by molar-refractivity contribution is 0.172. The van der Waals surface area contributed by atoms with E-state index in [1.54, 1.807) is 6.20 Å². The summed E-state index contributed by atoms with van der Waals surface area (Å²) in [5.74, 6) is 2.10. The fourth-order valence-electron chi connectivity index (χ4n) is 2.73. The van der Waals surface area contributed by atoms with Crippen molar-refractivity contribution in [3.63, 3.8) is 0 Å². The van der Waals surface area contributed by atoms with Gasteiger partial charge in [0, 0.05) is 0 Å². The van der Waals surface area contributed by atoms with E-state index >= 15 is 0 Å².